The van der Waals surface area contributed by atoms with Crippen molar-refractivity contribution in [1.29, 1.82) is 0 Å². The molecule has 90 valence electrons. The van der Waals surface area contributed by atoms with Crippen molar-refractivity contribution in [3.63, 3.8) is 0 Å². The second kappa shape index (κ2) is 4.36. The van der Waals surface area contributed by atoms with Crippen molar-refractivity contribution in [3.8, 4) is 0 Å². The van der Waals surface area contributed by atoms with Crippen LogP contribution in [0.15, 0.2) is 0 Å². The molecule has 0 spiro atoms. The number of aryl methyl sites for hydroxylation is 2. The van der Waals surface area contributed by atoms with Crippen LogP contribution in [0, 0.1) is 12.8 Å². The molecule has 1 aliphatic rings. The van der Waals surface area contributed by atoms with Gasteiger partial charge in [-0.15, -0.1) is 0 Å². The van der Waals surface area contributed by atoms with Gasteiger partial charge in [0.25, 0.3) is 0 Å². The van der Waals surface area contributed by atoms with Gasteiger partial charge in [0.05, 0.1) is 11.4 Å². The fourth-order valence-electron chi connectivity index (χ4n) is 2.51. The van der Waals surface area contributed by atoms with Gasteiger partial charge in [0.15, 0.2) is 0 Å². The molecule has 1 aromatic heterocycles. The first-order valence-corrected chi connectivity index (χ1v) is 6.13. The normalized spacial score (nSPS) is 22.2. The Labute approximate surface area is 97.4 Å². The van der Waals surface area contributed by atoms with Crippen LogP contribution < -0.4 is 10.6 Å². The minimum Gasteiger partial charge on any atom is -0.394 e. The average Bonchev–Trinajstić information content (AvgIpc) is 2.42. The molecule has 1 fully saturated rings. The van der Waals surface area contributed by atoms with Crippen molar-refractivity contribution in [3.05, 3.63) is 5.69 Å². The molecule has 0 radical (unpaired) electrons. The second-order valence-corrected chi connectivity index (χ2v) is 4.97. The molecule has 16 heavy (non-hydrogen) atoms. The van der Waals surface area contributed by atoms with Gasteiger partial charge in [-0.05, 0) is 32.1 Å². The Bertz CT molecular complexity index is 369. The summed E-state index contributed by atoms with van der Waals surface area (Å²) in [7, 11) is 1.98. The third-order valence-electron chi connectivity index (χ3n) is 3.55. The maximum atomic E-state index is 6.09. The molecule has 0 amide bonds. The Morgan fingerprint density at radius 3 is 2.69 bits per heavy atom. The van der Waals surface area contributed by atoms with Gasteiger partial charge >= 0.3 is 0 Å². The number of nitrogens with two attached hydrogens (primary N) is 1. The predicted molar refractivity (Wildman–Crippen MR) is 67.6 cm³/mol. The first-order chi connectivity index (χ1) is 7.59. The molecular weight excluding hydrogens is 200 g/mol. The van der Waals surface area contributed by atoms with Crippen molar-refractivity contribution >= 4 is 11.5 Å². The van der Waals surface area contributed by atoms with Crippen LogP contribution >= 0.6 is 0 Å². The lowest BCUT2D eigenvalue weighted by Gasteiger charge is -2.23. The summed E-state index contributed by atoms with van der Waals surface area (Å²) in [6.07, 6.45) is 3.84. The molecule has 1 aliphatic heterocycles. The van der Waals surface area contributed by atoms with Crippen molar-refractivity contribution in [1.82, 2.24) is 9.78 Å². The van der Waals surface area contributed by atoms with Crippen molar-refractivity contribution in [2.45, 2.75) is 33.1 Å². The third kappa shape index (κ3) is 2.01. The lowest BCUT2D eigenvalue weighted by atomic mass is 10.0. The Kier molecular flexibility index (Phi) is 3.08. The van der Waals surface area contributed by atoms with E-state index in [1.54, 1.807) is 0 Å². The first kappa shape index (κ1) is 11.3. The summed E-state index contributed by atoms with van der Waals surface area (Å²) >= 11 is 0. The maximum absolute atomic E-state index is 6.09. The highest BCUT2D eigenvalue weighted by Crippen LogP contribution is 2.28. The Hall–Kier alpha value is -1.19. The fraction of sp³-hybridized carbons (Fsp3) is 0.750. The summed E-state index contributed by atoms with van der Waals surface area (Å²) in [5, 5.41) is 4.39. The number of nitrogens with zero attached hydrogens (tertiary/aromatic N) is 3. The largest absolute Gasteiger partial charge is 0.394 e. The standard InChI is InChI=1S/C12H22N4/c1-9-5-4-7-16(8-6-9)12-11(13)10(2)14-15(12)3/h9H,4-8,13H2,1-3H3. The minimum absolute atomic E-state index is 0.834. The van der Waals surface area contributed by atoms with Gasteiger partial charge < -0.3 is 10.6 Å². The van der Waals surface area contributed by atoms with Gasteiger partial charge in [-0.3, -0.25) is 4.68 Å². The van der Waals surface area contributed by atoms with Crippen molar-refractivity contribution in [2.24, 2.45) is 13.0 Å². The molecule has 0 saturated carbocycles. The minimum atomic E-state index is 0.834. The zero-order chi connectivity index (χ0) is 11.7. The number of anilines is 2. The highest BCUT2D eigenvalue weighted by atomic mass is 15.4. The van der Waals surface area contributed by atoms with E-state index in [0.29, 0.717) is 0 Å². The van der Waals surface area contributed by atoms with Crippen LogP contribution in [0.1, 0.15) is 31.9 Å². The van der Waals surface area contributed by atoms with E-state index in [1.165, 1.54) is 19.3 Å². The van der Waals surface area contributed by atoms with E-state index >= 15 is 0 Å². The molecule has 0 bridgehead atoms. The van der Waals surface area contributed by atoms with E-state index in [-0.39, 0.29) is 0 Å². The molecule has 2 N–H and O–H groups in total. The first-order valence-electron chi connectivity index (χ1n) is 6.13. The lowest BCUT2D eigenvalue weighted by molar-refractivity contribution is 0.520. The molecule has 2 heterocycles. The van der Waals surface area contributed by atoms with Gasteiger partial charge in [0, 0.05) is 20.1 Å². The molecule has 1 aromatic rings. The van der Waals surface area contributed by atoms with Crippen molar-refractivity contribution < 1.29 is 0 Å². The Morgan fingerprint density at radius 1 is 1.31 bits per heavy atom. The van der Waals surface area contributed by atoms with Gasteiger partial charge in [-0.25, -0.2) is 0 Å². The molecule has 1 atom stereocenters. The highest BCUT2D eigenvalue weighted by Gasteiger charge is 2.20. The predicted octanol–water partition coefficient (Wildman–Crippen LogP) is 1.94. The smallest absolute Gasteiger partial charge is 0.150 e. The summed E-state index contributed by atoms with van der Waals surface area (Å²) in [4.78, 5) is 2.39. The number of rotatable bonds is 1. The van der Waals surface area contributed by atoms with Gasteiger partial charge in [-0.2, -0.15) is 5.10 Å². The van der Waals surface area contributed by atoms with Gasteiger partial charge in [0.2, 0.25) is 0 Å². The van der Waals surface area contributed by atoms with Crippen LogP contribution in [0.4, 0.5) is 11.5 Å². The number of hydrogen-bond acceptors (Lipinski definition) is 3. The van der Waals surface area contributed by atoms with Crippen LogP contribution in [0.3, 0.4) is 0 Å². The number of hydrogen-bond donors (Lipinski definition) is 1. The van der Waals surface area contributed by atoms with E-state index < -0.39 is 0 Å². The van der Waals surface area contributed by atoms with Gasteiger partial charge in [-0.1, -0.05) is 6.92 Å². The Morgan fingerprint density at radius 2 is 2.06 bits per heavy atom. The summed E-state index contributed by atoms with van der Waals surface area (Å²) in [6.45, 7) is 6.51. The van der Waals surface area contributed by atoms with Crippen LogP contribution in [0.5, 0.6) is 0 Å². The van der Waals surface area contributed by atoms with E-state index in [1.807, 2.05) is 18.7 Å². The Balaban J connectivity index is 2.22. The fourth-order valence-corrected chi connectivity index (χ4v) is 2.51. The maximum Gasteiger partial charge on any atom is 0.150 e. The number of nitrogen functional groups attached to an aromatic ring is 1. The molecular formula is C12H22N4. The summed E-state index contributed by atoms with van der Waals surface area (Å²) in [5.74, 6) is 1.94. The molecule has 4 nitrogen and oxygen atoms in total. The molecule has 2 rings (SSSR count). The molecule has 0 aliphatic carbocycles. The van der Waals surface area contributed by atoms with Crippen LogP contribution in [0.25, 0.3) is 0 Å². The summed E-state index contributed by atoms with van der Waals surface area (Å²) in [6, 6.07) is 0. The van der Waals surface area contributed by atoms with E-state index in [4.69, 9.17) is 5.73 Å². The topological polar surface area (TPSA) is 47.1 Å². The zero-order valence-electron chi connectivity index (χ0n) is 10.5. The van der Waals surface area contributed by atoms with E-state index in [9.17, 15) is 0 Å². The van der Waals surface area contributed by atoms with Crippen LogP contribution in [0.2, 0.25) is 0 Å². The van der Waals surface area contributed by atoms with Gasteiger partial charge in [0.1, 0.15) is 5.82 Å². The van der Waals surface area contributed by atoms with E-state index in [0.717, 1.165) is 36.2 Å². The summed E-state index contributed by atoms with van der Waals surface area (Å²) < 4.78 is 1.92. The molecule has 1 saturated heterocycles. The monoisotopic (exact) mass is 222 g/mol. The molecule has 4 heteroatoms. The highest BCUT2D eigenvalue weighted by molar-refractivity contribution is 5.66. The molecule has 0 aromatic carbocycles. The quantitative estimate of drug-likeness (QED) is 0.790. The van der Waals surface area contributed by atoms with E-state index in [2.05, 4.69) is 16.9 Å². The lowest BCUT2D eigenvalue weighted by Crippen LogP contribution is -2.27. The zero-order valence-corrected chi connectivity index (χ0v) is 10.5. The van der Waals surface area contributed by atoms with Crippen molar-refractivity contribution in [2.75, 3.05) is 23.7 Å². The SMILES string of the molecule is Cc1nn(C)c(N2CCCC(C)CC2)c1N. The number of aromatic nitrogens is 2. The third-order valence-corrected chi connectivity index (χ3v) is 3.55. The average molecular weight is 222 g/mol. The molecule has 1 unspecified atom stereocenters. The summed E-state index contributed by atoms with van der Waals surface area (Å²) in [5.41, 5.74) is 7.88. The van der Waals surface area contributed by atoms with Crippen LogP contribution in [-0.4, -0.2) is 22.9 Å². The second-order valence-electron chi connectivity index (χ2n) is 4.97. The van der Waals surface area contributed by atoms with Crippen LogP contribution in [-0.2, 0) is 7.05 Å².